The maximum atomic E-state index is 13.1. The average molecular weight is 390 g/mol. The molecular weight excluding hydrogens is 373 g/mol. The summed E-state index contributed by atoms with van der Waals surface area (Å²) in [5, 5.41) is 2.44. The van der Waals surface area contributed by atoms with Crippen LogP contribution in [0.2, 0.25) is 0 Å². The monoisotopic (exact) mass is 390 g/mol. The lowest BCUT2D eigenvalue weighted by Gasteiger charge is -2.14. The Balaban J connectivity index is 2.06. The Morgan fingerprint density at radius 3 is 2.57 bits per heavy atom. The lowest BCUT2D eigenvalue weighted by Crippen LogP contribution is -2.24. The molecule has 0 spiro atoms. The second-order valence-corrected chi connectivity index (χ2v) is 6.09. The van der Waals surface area contributed by atoms with Gasteiger partial charge in [0.2, 0.25) is 5.43 Å². The number of benzene rings is 2. The molecule has 0 saturated carbocycles. The summed E-state index contributed by atoms with van der Waals surface area (Å²) in [5.41, 5.74) is -1.68. The summed E-state index contributed by atoms with van der Waals surface area (Å²) in [4.78, 5) is 25.4. The minimum absolute atomic E-state index is 0.241. The first-order valence-corrected chi connectivity index (χ1v) is 8.46. The summed E-state index contributed by atoms with van der Waals surface area (Å²) >= 11 is 0. The van der Waals surface area contributed by atoms with E-state index in [-0.39, 0.29) is 10.9 Å². The lowest BCUT2D eigenvalue weighted by atomic mass is 10.1. The molecule has 1 N–H and O–H groups in total. The zero-order valence-corrected chi connectivity index (χ0v) is 15.1. The van der Waals surface area contributed by atoms with Crippen molar-refractivity contribution in [2.45, 2.75) is 13.1 Å². The van der Waals surface area contributed by atoms with E-state index in [4.69, 9.17) is 4.74 Å². The largest absolute Gasteiger partial charge is 0.494 e. The quantitative estimate of drug-likeness (QED) is 0.726. The highest BCUT2D eigenvalue weighted by Gasteiger charge is 2.33. The number of anilines is 1. The average Bonchev–Trinajstić information content (AvgIpc) is 2.64. The minimum Gasteiger partial charge on any atom is -0.494 e. The topological polar surface area (TPSA) is 60.3 Å². The van der Waals surface area contributed by atoms with Gasteiger partial charge in [-0.25, -0.2) is 0 Å². The van der Waals surface area contributed by atoms with Gasteiger partial charge in [0.1, 0.15) is 11.3 Å². The van der Waals surface area contributed by atoms with Crippen LogP contribution in [0.15, 0.2) is 53.5 Å². The first kappa shape index (κ1) is 19.5. The first-order chi connectivity index (χ1) is 13.2. The molecule has 0 bridgehead atoms. The van der Waals surface area contributed by atoms with E-state index in [1.54, 1.807) is 30.7 Å². The van der Waals surface area contributed by atoms with E-state index < -0.39 is 28.8 Å². The van der Waals surface area contributed by atoms with E-state index in [0.29, 0.717) is 17.9 Å². The van der Waals surface area contributed by atoms with Crippen LogP contribution >= 0.6 is 0 Å². The summed E-state index contributed by atoms with van der Waals surface area (Å²) in [6.07, 6.45) is -3.33. The highest BCUT2D eigenvalue weighted by molar-refractivity contribution is 6.06. The van der Waals surface area contributed by atoms with Crippen LogP contribution in [0.3, 0.4) is 0 Å². The van der Waals surface area contributed by atoms with Gasteiger partial charge in [-0.05, 0) is 37.3 Å². The number of para-hydroxylation sites is 1. The molecule has 3 rings (SSSR count). The molecule has 0 aliphatic heterocycles. The Labute approximate surface area is 158 Å². The van der Waals surface area contributed by atoms with Crippen molar-refractivity contribution in [3.63, 3.8) is 0 Å². The van der Waals surface area contributed by atoms with Gasteiger partial charge in [-0.15, -0.1) is 0 Å². The van der Waals surface area contributed by atoms with Crippen molar-refractivity contribution < 1.29 is 22.7 Å². The lowest BCUT2D eigenvalue weighted by molar-refractivity contribution is -0.136. The molecule has 0 radical (unpaired) electrons. The Bertz CT molecular complexity index is 1100. The molecule has 0 aliphatic rings. The minimum atomic E-state index is -4.63. The van der Waals surface area contributed by atoms with Gasteiger partial charge in [0, 0.05) is 13.2 Å². The number of ether oxygens (including phenoxy) is 1. The number of aryl methyl sites for hydroxylation is 1. The summed E-state index contributed by atoms with van der Waals surface area (Å²) in [7, 11) is 1.64. The van der Waals surface area contributed by atoms with Crippen molar-refractivity contribution >= 4 is 22.5 Å². The SMILES string of the molecule is CCOc1ccc2c(c1)c(=O)c(C(=O)Nc1ccccc1C(F)(F)F)cn2C. The fraction of sp³-hybridized carbons (Fsp3) is 0.200. The third-order valence-corrected chi connectivity index (χ3v) is 4.20. The smallest absolute Gasteiger partial charge is 0.418 e. The van der Waals surface area contributed by atoms with Crippen molar-refractivity contribution in [3.05, 3.63) is 70.0 Å². The van der Waals surface area contributed by atoms with Crippen LogP contribution in [-0.4, -0.2) is 17.1 Å². The Hall–Kier alpha value is -3.29. The maximum Gasteiger partial charge on any atom is 0.418 e. The predicted molar refractivity (Wildman–Crippen MR) is 99.8 cm³/mol. The second-order valence-electron chi connectivity index (χ2n) is 6.09. The number of aromatic nitrogens is 1. The van der Waals surface area contributed by atoms with Gasteiger partial charge in [0.15, 0.2) is 0 Å². The first-order valence-electron chi connectivity index (χ1n) is 8.46. The predicted octanol–water partition coefficient (Wildman–Crippen LogP) is 4.21. The van der Waals surface area contributed by atoms with Gasteiger partial charge >= 0.3 is 6.18 Å². The molecule has 8 heteroatoms. The van der Waals surface area contributed by atoms with Crippen LogP contribution in [0, 0.1) is 0 Å². The second kappa shape index (κ2) is 7.38. The van der Waals surface area contributed by atoms with Crippen LogP contribution in [0.4, 0.5) is 18.9 Å². The van der Waals surface area contributed by atoms with Crippen molar-refractivity contribution in [2.24, 2.45) is 7.05 Å². The summed E-state index contributed by atoms with van der Waals surface area (Å²) in [6.45, 7) is 2.20. The molecule has 2 aromatic carbocycles. The number of hydrogen-bond acceptors (Lipinski definition) is 3. The molecular formula is C20H17F3N2O3. The molecule has 1 aromatic heterocycles. The van der Waals surface area contributed by atoms with Crippen LogP contribution in [0.5, 0.6) is 5.75 Å². The van der Waals surface area contributed by atoms with Crippen molar-refractivity contribution in [1.82, 2.24) is 4.57 Å². The highest BCUT2D eigenvalue weighted by atomic mass is 19.4. The van der Waals surface area contributed by atoms with Crippen molar-refractivity contribution in [2.75, 3.05) is 11.9 Å². The van der Waals surface area contributed by atoms with Crippen LogP contribution in [-0.2, 0) is 13.2 Å². The normalized spacial score (nSPS) is 11.5. The van der Waals surface area contributed by atoms with E-state index in [0.717, 1.165) is 12.1 Å². The molecule has 1 heterocycles. The third kappa shape index (κ3) is 3.71. The maximum absolute atomic E-state index is 13.1. The van der Waals surface area contributed by atoms with Gasteiger partial charge in [-0.1, -0.05) is 12.1 Å². The van der Waals surface area contributed by atoms with Gasteiger partial charge in [0.05, 0.1) is 28.8 Å². The zero-order valence-electron chi connectivity index (χ0n) is 15.1. The summed E-state index contributed by atoms with van der Waals surface area (Å²) < 4.78 is 46.4. The van der Waals surface area contributed by atoms with Gasteiger partial charge < -0.3 is 14.6 Å². The number of carbonyl (C=O) groups excluding carboxylic acids is 1. The van der Waals surface area contributed by atoms with Crippen LogP contribution < -0.4 is 15.5 Å². The van der Waals surface area contributed by atoms with Crippen molar-refractivity contribution in [1.29, 1.82) is 0 Å². The van der Waals surface area contributed by atoms with Crippen LogP contribution in [0.1, 0.15) is 22.8 Å². The molecule has 0 saturated heterocycles. The van der Waals surface area contributed by atoms with Gasteiger partial charge in [0.25, 0.3) is 5.91 Å². The fourth-order valence-electron chi connectivity index (χ4n) is 2.92. The van der Waals surface area contributed by atoms with Crippen LogP contribution in [0.25, 0.3) is 10.9 Å². The van der Waals surface area contributed by atoms with Gasteiger partial charge in [-0.3, -0.25) is 9.59 Å². The standard InChI is InChI=1S/C20H17F3N2O3/c1-3-28-12-8-9-17-13(10-12)18(26)14(11-25(17)2)19(27)24-16-7-5-4-6-15(16)20(21,22)23/h4-11H,3H2,1-2H3,(H,24,27). The molecule has 0 fully saturated rings. The molecule has 28 heavy (non-hydrogen) atoms. The number of carbonyl (C=O) groups is 1. The number of pyridine rings is 1. The molecule has 3 aromatic rings. The molecule has 0 atom stereocenters. The number of alkyl halides is 3. The molecule has 5 nitrogen and oxygen atoms in total. The summed E-state index contributed by atoms with van der Waals surface area (Å²) in [5.74, 6) is -0.451. The van der Waals surface area contributed by atoms with Crippen molar-refractivity contribution in [3.8, 4) is 5.75 Å². The molecule has 1 amide bonds. The molecule has 0 aliphatic carbocycles. The zero-order chi connectivity index (χ0) is 20.5. The Morgan fingerprint density at radius 1 is 1.18 bits per heavy atom. The number of rotatable bonds is 4. The van der Waals surface area contributed by atoms with Gasteiger partial charge in [-0.2, -0.15) is 13.2 Å². The number of amides is 1. The number of halogens is 3. The number of fused-ring (bicyclic) bond motifs is 1. The Kier molecular flexibility index (Phi) is 5.13. The number of nitrogens with one attached hydrogen (secondary N) is 1. The van der Waals surface area contributed by atoms with E-state index >= 15 is 0 Å². The Morgan fingerprint density at radius 2 is 1.89 bits per heavy atom. The number of nitrogens with zero attached hydrogens (tertiary/aromatic N) is 1. The highest BCUT2D eigenvalue weighted by Crippen LogP contribution is 2.34. The number of hydrogen-bond donors (Lipinski definition) is 1. The third-order valence-electron chi connectivity index (χ3n) is 4.20. The molecule has 0 unspecified atom stereocenters. The fourth-order valence-corrected chi connectivity index (χ4v) is 2.92. The van der Waals surface area contributed by atoms with E-state index in [9.17, 15) is 22.8 Å². The van der Waals surface area contributed by atoms with E-state index in [1.807, 2.05) is 0 Å². The van der Waals surface area contributed by atoms with E-state index in [1.165, 1.54) is 24.4 Å². The summed E-state index contributed by atoms with van der Waals surface area (Å²) in [6, 6.07) is 9.50. The van der Waals surface area contributed by atoms with E-state index in [2.05, 4.69) is 5.32 Å². The molecule has 146 valence electrons.